The third-order valence-corrected chi connectivity index (χ3v) is 3.15. The van der Waals surface area contributed by atoms with Gasteiger partial charge in [0, 0.05) is 32.2 Å². The highest BCUT2D eigenvalue weighted by atomic mass is 79.9. The Hall–Kier alpha value is -0.580. The number of rotatable bonds is 9. The molecule has 0 spiro atoms. The zero-order valence-corrected chi connectivity index (χ0v) is 12.8. The van der Waals surface area contributed by atoms with Gasteiger partial charge in [-0.3, -0.25) is 0 Å². The van der Waals surface area contributed by atoms with Crippen molar-refractivity contribution in [2.24, 2.45) is 0 Å². The highest BCUT2D eigenvalue weighted by Crippen LogP contribution is 2.29. The molecule has 0 radical (unpaired) electrons. The normalized spacial score (nSPS) is 10.6. The van der Waals surface area contributed by atoms with Gasteiger partial charge in [0.05, 0.1) is 11.1 Å². The van der Waals surface area contributed by atoms with Crippen LogP contribution in [-0.2, 0) is 11.3 Å². The van der Waals surface area contributed by atoms with E-state index in [0.29, 0.717) is 6.61 Å². The maximum atomic E-state index is 5.83. The minimum absolute atomic E-state index is 0.678. The number of benzene rings is 1. The molecule has 1 rings (SSSR count). The van der Waals surface area contributed by atoms with E-state index in [1.54, 1.807) is 7.11 Å². The van der Waals surface area contributed by atoms with Crippen LogP contribution in [0, 0.1) is 0 Å². The lowest BCUT2D eigenvalue weighted by Crippen LogP contribution is -2.15. The van der Waals surface area contributed by atoms with Crippen LogP contribution in [0.1, 0.15) is 25.3 Å². The fourth-order valence-corrected chi connectivity index (χ4v) is 2.15. The molecular formula is C14H22BrNO2. The Kier molecular flexibility index (Phi) is 8.05. The molecule has 0 amide bonds. The molecule has 0 fully saturated rings. The van der Waals surface area contributed by atoms with Crippen LogP contribution in [0.15, 0.2) is 22.7 Å². The monoisotopic (exact) mass is 315 g/mol. The van der Waals surface area contributed by atoms with Gasteiger partial charge in [0.25, 0.3) is 0 Å². The molecule has 102 valence electrons. The van der Waals surface area contributed by atoms with Crippen molar-refractivity contribution < 1.29 is 9.47 Å². The Morgan fingerprint density at radius 2 is 2.11 bits per heavy atom. The van der Waals surface area contributed by atoms with Crippen molar-refractivity contribution in [1.29, 1.82) is 0 Å². The van der Waals surface area contributed by atoms with Crippen LogP contribution in [0.2, 0.25) is 0 Å². The molecule has 3 nitrogen and oxygen atoms in total. The predicted molar refractivity (Wildman–Crippen MR) is 78.1 cm³/mol. The van der Waals surface area contributed by atoms with Crippen LogP contribution in [0.5, 0.6) is 5.75 Å². The molecule has 18 heavy (non-hydrogen) atoms. The van der Waals surface area contributed by atoms with Gasteiger partial charge in [-0.2, -0.15) is 0 Å². The van der Waals surface area contributed by atoms with Gasteiger partial charge < -0.3 is 14.8 Å². The quantitative estimate of drug-likeness (QED) is 0.709. The Labute approximate surface area is 118 Å². The van der Waals surface area contributed by atoms with Gasteiger partial charge in [-0.15, -0.1) is 0 Å². The first-order chi connectivity index (χ1) is 8.79. The highest BCUT2D eigenvalue weighted by Gasteiger charge is 2.07. The minimum atomic E-state index is 0.678. The van der Waals surface area contributed by atoms with Crippen LogP contribution < -0.4 is 10.1 Å². The fraction of sp³-hybridized carbons (Fsp3) is 0.571. The molecule has 0 bridgehead atoms. The van der Waals surface area contributed by atoms with E-state index in [2.05, 4.69) is 34.2 Å². The van der Waals surface area contributed by atoms with E-state index in [9.17, 15) is 0 Å². The largest absolute Gasteiger partial charge is 0.492 e. The van der Waals surface area contributed by atoms with E-state index in [-0.39, 0.29) is 0 Å². The molecule has 1 aromatic carbocycles. The summed E-state index contributed by atoms with van der Waals surface area (Å²) in [5.41, 5.74) is 1.19. The summed E-state index contributed by atoms with van der Waals surface area (Å²) in [5, 5.41) is 3.40. The summed E-state index contributed by atoms with van der Waals surface area (Å²) >= 11 is 3.54. The molecule has 0 heterocycles. The van der Waals surface area contributed by atoms with Gasteiger partial charge in [-0.1, -0.05) is 19.1 Å². The maximum Gasteiger partial charge on any atom is 0.137 e. The third-order valence-electron chi connectivity index (χ3n) is 2.53. The second kappa shape index (κ2) is 9.36. The first kappa shape index (κ1) is 15.5. The summed E-state index contributed by atoms with van der Waals surface area (Å²) in [6.07, 6.45) is 2.04. The first-order valence-electron chi connectivity index (χ1n) is 6.39. The zero-order chi connectivity index (χ0) is 13.2. The summed E-state index contributed by atoms with van der Waals surface area (Å²) in [5.74, 6) is 0.942. The van der Waals surface area contributed by atoms with Crippen molar-refractivity contribution in [3.63, 3.8) is 0 Å². The lowest BCUT2D eigenvalue weighted by molar-refractivity contribution is 0.171. The number of nitrogens with one attached hydrogen (secondary N) is 1. The topological polar surface area (TPSA) is 30.5 Å². The first-order valence-corrected chi connectivity index (χ1v) is 7.18. The second-order valence-electron chi connectivity index (χ2n) is 4.10. The Morgan fingerprint density at radius 1 is 1.28 bits per heavy atom. The number of para-hydroxylation sites is 1. The molecule has 4 heteroatoms. The van der Waals surface area contributed by atoms with E-state index < -0.39 is 0 Å². The lowest BCUT2D eigenvalue weighted by atomic mass is 10.2. The summed E-state index contributed by atoms with van der Waals surface area (Å²) in [4.78, 5) is 0. The Morgan fingerprint density at radius 3 is 2.83 bits per heavy atom. The van der Waals surface area contributed by atoms with Gasteiger partial charge >= 0.3 is 0 Å². The summed E-state index contributed by atoms with van der Waals surface area (Å²) < 4.78 is 11.9. The standard InChI is InChI=1S/C14H22BrNO2/c1-3-8-16-11-12-6-4-7-13(15)14(12)18-10-5-9-17-2/h4,6-7,16H,3,5,8-11H2,1-2H3. The van der Waals surface area contributed by atoms with Crippen molar-refractivity contribution in [1.82, 2.24) is 5.32 Å². The van der Waals surface area contributed by atoms with Crippen LogP contribution in [-0.4, -0.2) is 26.9 Å². The predicted octanol–water partition coefficient (Wildman–Crippen LogP) is 3.36. The average molecular weight is 316 g/mol. The minimum Gasteiger partial charge on any atom is -0.492 e. The number of hydrogen-bond acceptors (Lipinski definition) is 3. The third kappa shape index (κ3) is 5.38. The molecular weight excluding hydrogens is 294 g/mol. The zero-order valence-electron chi connectivity index (χ0n) is 11.2. The SMILES string of the molecule is CCCNCc1cccc(Br)c1OCCCOC. The van der Waals surface area contributed by atoms with Gasteiger partial charge in [0.1, 0.15) is 5.75 Å². The van der Waals surface area contributed by atoms with Crippen LogP contribution in [0.4, 0.5) is 0 Å². The molecule has 0 aliphatic carbocycles. The van der Waals surface area contributed by atoms with Crippen molar-refractivity contribution in [2.45, 2.75) is 26.3 Å². The molecule has 1 aromatic rings. The molecule has 0 aliphatic rings. The molecule has 0 saturated heterocycles. The van der Waals surface area contributed by atoms with E-state index in [0.717, 1.165) is 42.8 Å². The average Bonchev–Trinajstić information content (AvgIpc) is 2.37. The summed E-state index contributed by atoms with van der Waals surface area (Å²) in [6.45, 7) is 5.43. The van der Waals surface area contributed by atoms with Crippen molar-refractivity contribution in [2.75, 3.05) is 26.9 Å². The molecule has 1 N–H and O–H groups in total. The Balaban J connectivity index is 2.56. The fourth-order valence-electron chi connectivity index (χ4n) is 1.63. The van der Waals surface area contributed by atoms with Gasteiger partial charge in [0.2, 0.25) is 0 Å². The van der Waals surface area contributed by atoms with Gasteiger partial charge in [-0.25, -0.2) is 0 Å². The second-order valence-corrected chi connectivity index (χ2v) is 4.95. The van der Waals surface area contributed by atoms with Crippen LogP contribution in [0.25, 0.3) is 0 Å². The molecule has 0 aliphatic heterocycles. The summed E-state index contributed by atoms with van der Waals surface area (Å²) in [7, 11) is 1.71. The van der Waals surface area contributed by atoms with Crippen LogP contribution in [0.3, 0.4) is 0 Å². The van der Waals surface area contributed by atoms with Crippen molar-refractivity contribution in [3.05, 3.63) is 28.2 Å². The van der Waals surface area contributed by atoms with Crippen molar-refractivity contribution in [3.8, 4) is 5.75 Å². The number of methoxy groups -OCH3 is 1. The van der Waals surface area contributed by atoms with Gasteiger partial charge in [0.15, 0.2) is 0 Å². The molecule has 0 aromatic heterocycles. The molecule has 0 saturated carbocycles. The van der Waals surface area contributed by atoms with E-state index >= 15 is 0 Å². The van der Waals surface area contributed by atoms with E-state index in [4.69, 9.17) is 9.47 Å². The number of halogens is 1. The molecule has 0 atom stereocenters. The number of ether oxygens (including phenoxy) is 2. The number of hydrogen-bond donors (Lipinski definition) is 1. The molecule has 0 unspecified atom stereocenters. The van der Waals surface area contributed by atoms with Crippen molar-refractivity contribution >= 4 is 15.9 Å². The highest BCUT2D eigenvalue weighted by molar-refractivity contribution is 9.10. The summed E-state index contributed by atoms with van der Waals surface area (Å²) in [6, 6.07) is 6.14. The van der Waals surface area contributed by atoms with E-state index in [1.165, 1.54) is 5.56 Å². The lowest BCUT2D eigenvalue weighted by Gasteiger charge is -2.13. The van der Waals surface area contributed by atoms with Gasteiger partial charge in [-0.05, 0) is 35.0 Å². The van der Waals surface area contributed by atoms with E-state index in [1.807, 2.05) is 12.1 Å². The maximum absolute atomic E-state index is 5.83. The van der Waals surface area contributed by atoms with Crippen LogP contribution >= 0.6 is 15.9 Å². The smallest absolute Gasteiger partial charge is 0.137 e. The Bertz CT molecular complexity index is 345.